The topological polar surface area (TPSA) is 50.2 Å². The molecular weight excluding hydrogens is 280 g/mol. The van der Waals surface area contributed by atoms with Crippen molar-refractivity contribution in [1.82, 2.24) is 14.8 Å². The second-order valence-electron chi connectivity index (χ2n) is 5.84. The fraction of sp³-hybridized carbons (Fsp3) is 0.625. The Morgan fingerprint density at radius 2 is 1.95 bits per heavy atom. The smallest absolute Gasteiger partial charge is 0.213 e. The lowest BCUT2D eigenvalue weighted by Crippen LogP contribution is -2.35. The van der Waals surface area contributed by atoms with Crippen LogP contribution in [0.3, 0.4) is 0 Å². The minimum absolute atomic E-state index is 0.208. The van der Waals surface area contributed by atoms with Crippen LogP contribution in [0.15, 0.2) is 23.3 Å². The lowest BCUT2D eigenvalue weighted by Gasteiger charge is -2.23. The van der Waals surface area contributed by atoms with Gasteiger partial charge in [-0.25, -0.2) is 9.98 Å². The first-order valence-electron chi connectivity index (χ1n) is 7.64. The summed E-state index contributed by atoms with van der Waals surface area (Å²) in [6.45, 7) is 2.14. The normalized spacial score (nSPS) is 15.3. The van der Waals surface area contributed by atoms with Gasteiger partial charge in [0.2, 0.25) is 5.88 Å². The van der Waals surface area contributed by atoms with Gasteiger partial charge in [0.1, 0.15) is 6.10 Å². The summed E-state index contributed by atoms with van der Waals surface area (Å²) in [5.74, 6) is 1.61. The van der Waals surface area contributed by atoms with Crippen molar-refractivity contribution < 1.29 is 9.47 Å². The molecule has 1 fully saturated rings. The van der Waals surface area contributed by atoms with Crippen LogP contribution < -0.4 is 4.74 Å². The zero-order valence-corrected chi connectivity index (χ0v) is 14.0. The SMILES string of the molecule is CN(C)C(=NCc1ccnc(OC2CCOCC2)c1)N(C)C. The Morgan fingerprint density at radius 3 is 2.59 bits per heavy atom. The number of hydrogen-bond acceptors (Lipinski definition) is 4. The largest absolute Gasteiger partial charge is 0.474 e. The van der Waals surface area contributed by atoms with Crippen molar-refractivity contribution in [2.24, 2.45) is 4.99 Å². The Morgan fingerprint density at radius 1 is 1.27 bits per heavy atom. The van der Waals surface area contributed by atoms with E-state index >= 15 is 0 Å². The molecule has 6 nitrogen and oxygen atoms in total. The van der Waals surface area contributed by atoms with Crippen LogP contribution in [0.25, 0.3) is 0 Å². The summed E-state index contributed by atoms with van der Waals surface area (Å²) in [5, 5.41) is 0. The molecule has 0 bridgehead atoms. The summed E-state index contributed by atoms with van der Waals surface area (Å²) >= 11 is 0. The zero-order valence-electron chi connectivity index (χ0n) is 14.0. The summed E-state index contributed by atoms with van der Waals surface area (Å²) in [4.78, 5) is 12.9. The van der Waals surface area contributed by atoms with Gasteiger partial charge in [-0.05, 0) is 11.6 Å². The predicted octanol–water partition coefficient (Wildman–Crippen LogP) is 1.62. The van der Waals surface area contributed by atoms with Crippen LogP contribution in [0, 0.1) is 0 Å². The van der Waals surface area contributed by atoms with Crippen LogP contribution in [0.1, 0.15) is 18.4 Å². The van der Waals surface area contributed by atoms with E-state index in [1.165, 1.54) is 0 Å². The number of aliphatic imine (C=N–C) groups is 1. The van der Waals surface area contributed by atoms with Crippen molar-refractivity contribution in [2.75, 3.05) is 41.4 Å². The predicted molar refractivity (Wildman–Crippen MR) is 87.2 cm³/mol. The summed E-state index contributed by atoms with van der Waals surface area (Å²) in [7, 11) is 7.96. The highest BCUT2D eigenvalue weighted by Crippen LogP contribution is 2.17. The van der Waals surface area contributed by atoms with Crippen molar-refractivity contribution in [3.8, 4) is 5.88 Å². The lowest BCUT2D eigenvalue weighted by molar-refractivity contribution is 0.0237. The minimum atomic E-state index is 0.208. The summed E-state index contributed by atoms with van der Waals surface area (Å²) < 4.78 is 11.3. The fourth-order valence-corrected chi connectivity index (χ4v) is 2.42. The molecule has 1 aromatic rings. The molecule has 0 aromatic carbocycles. The molecule has 0 saturated carbocycles. The van der Waals surface area contributed by atoms with Crippen molar-refractivity contribution in [1.29, 1.82) is 0 Å². The number of ether oxygens (including phenoxy) is 2. The molecule has 1 aliphatic heterocycles. The Labute approximate surface area is 132 Å². The van der Waals surface area contributed by atoms with Gasteiger partial charge in [-0.2, -0.15) is 0 Å². The minimum Gasteiger partial charge on any atom is -0.474 e. The van der Waals surface area contributed by atoms with Crippen LogP contribution in [0.5, 0.6) is 5.88 Å². The molecule has 2 heterocycles. The van der Waals surface area contributed by atoms with Crippen LogP contribution in [-0.4, -0.2) is 68.3 Å². The average molecular weight is 306 g/mol. The Kier molecular flexibility index (Phi) is 6.00. The van der Waals surface area contributed by atoms with Crippen molar-refractivity contribution in [3.05, 3.63) is 23.9 Å². The van der Waals surface area contributed by atoms with Crippen molar-refractivity contribution in [2.45, 2.75) is 25.5 Å². The monoisotopic (exact) mass is 306 g/mol. The first-order valence-corrected chi connectivity index (χ1v) is 7.64. The highest BCUT2D eigenvalue weighted by Gasteiger charge is 2.15. The van der Waals surface area contributed by atoms with Crippen LogP contribution in [0.4, 0.5) is 0 Å². The van der Waals surface area contributed by atoms with Crippen molar-refractivity contribution >= 4 is 5.96 Å². The highest BCUT2D eigenvalue weighted by molar-refractivity contribution is 5.79. The molecule has 0 atom stereocenters. The van der Waals surface area contributed by atoms with E-state index in [9.17, 15) is 0 Å². The molecular formula is C16H26N4O2. The van der Waals surface area contributed by atoms with Gasteiger partial charge < -0.3 is 19.3 Å². The first-order chi connectivity index (χ1) is 10.6. The maximum absolute atomic E-state index is 5.94. The first kappa shape index (κ1) is 16.5. The van der Waals surface area contributed by atoms with E-state index in [4.69, 9.17) is 9.47 Å². The Bertz CT molecular complexity index is 487. The van der Waals surface area contributed by atoms with Gasteiger partial charge in [0, 0.05) is 53.3 Å². The standard InChI is InChI=1S/C16H26N4O2/c1-19(2)16(20(3)4)18-12-13-5-8-17-15(11-13)22-14-6-9-21-10-7-14/h5,8,11,14H,6-7,9-10,12H2,1-4H3. The van der Waals surface area contributed by atoms with Crippen molar-refractivity contribution in [3.63, 3.8) is 0 Å². The molecule has 6 heteroatoms. The van der Waals surface area contributed by atoms with E-state index in [1.54, 1.807) is 6.20 Å². The van der Waals surface area contributed by atoms with E-state index in [2.05, 4.69) is 9.98 Å². The van der Waals surface area contributed by atoms with Gasteiger partial charge in [-0.3, -0.25) is 0 Å². The Hall–Kier alpha value is -1.82. The van der Waals surface area contributed by atoms with Gasteiger partial charge >= 0.3 is 0 Å². The maximum Gasteiger partial charge on any atom is 0.213 e. The molecule has 122 valence electrons. The van der Waals surface area contributed by atoms with E-state index < -0.39 is 0 Å². The van der Waals surface area contributed by atoms with E-state index in [-0.39, 0.29) is 6.10 Å². The van der Waals surface area contributed by atoms with Crippen LogP contribution in [-0.2, 0) is 11.3 Å². The average Bonchev–Trinajstić information content (AvgIpc) is 2.48. The summed E-state index contributed by atoms with van der Waals surface area (Å²) in [6, 6.07) is 3.95. The van der Waals surface area contributed by atoms with Gasteiger partial charge in [0.05, 0.1) is 19.8 Å². The van der Waals surface area contributed by atoms with Gasteiger partial charge in [-0.15, -0.1) is 0 Å². The number of nitrogens with zero attached hydrogens (tertiary/aromatic N) is 4. The molecule has 1 aromatic heterocycles. The quantitative estimate of drug-likeness (QED) is 0.625. The van der Waals surface area contributed by atoms with Gasteiger partial charge in [0.15, 0.2) is 5.96 Å². The van der Waals surface area contributed by atoms with Crippen LogP contribution >= 0.6 is 0 Å². The number of aromatic nitrogens is 1. The second-order valence-corrected chi connectivity index (χ2v) is 5.84. The molecule has 0 spiro atoms. The fourth-order valence-electron chi connectivity index (χ4n) is 2.42. The summed E-state index contributed by atoms with van der Waals surface area (Å²) in [6.07, 6.45) is 3.84. The summed E-state index contributed by atoms with van der Waals surface area (Å²) in [5.41, 5.74) is 1.10. The molecule has 0 unspecified atom stereocenters. The molecule has 0 radical (unpaired) electrons. The third-order valence-electron chi connectivity index (χ3n) is 3.46. The maximum atomic E-state index is 5.94. The van der Waals surface area contributed by atoms with Gasteiger partial charge in [0.25, 0.3) is 0 Å². The van der Waals surface area contributed by atoms with E-state index in [0.717, 1.165) is 37.6 Å². The number of pyridine rings is 1. The molecule has 22 heavy (non-hydrogen) atoms. The van der Waals surface area contributed by atoms with Crippen LogP contribution in [0.2, 0.25) is 0 Å². The third-order valence-corrected chi connectivity index (χ3v) is 3.46. The third kappa shape index (κ3) is 4.87. The Balaban J connectivity index is 2.00. The number of guanidine groups is 1. The van der Waals surface area contributed by atoms with Gasteiger partial charge in [-0.1, -0.05) is 0 Å². The van der Waals surface area contributed by atoms with E-state index in [0.29, 0.717) is 12.4 Å². The molecule has 1 saturated heterocycles. The molecule has 0 aliphatic carbocycles. The van der Waals surface area contributed by atoms with E-state index in [1.807, 2.05) is 50.1 Å². The lowest BCUT2D eigenvalue weighted by atomic mass is 10.1. The zero-order chi connectivity index (χ0) is 15.9. The number of hydrogen-bond donors (Lipinski definition) is 0. The molecule has 0 amide bonds. The molecule has 1 aliphatic rings. The molecule has 2 rings (SSSR count). The number of rotatable bonds is 4. The second kappa shape index (κ2) is 7.98. The highest BCUT2D eigenvalue weighted by atomic mass is 16.5. The molecule has 0 N–H and O–H groups in total.